The van der Waals surface area contributed by atoms with Gasteiger partial charge in [0.25, 0.3) is 0 Å². The van der Waals surface area contributed by atoms with Crippen molar-refractivity contribution in [2.45, 2.75) is 32.6 Å². The van der Waals surface area contributed by atoms with Crippen molar-refractivity contribution in [2.24, 2.45) is 17.8 Å². The van der Waals surface area contributed by atoms with Crippen LogP contribution in [0.15, 0.2) is 0 Å². The van der Waals surface area contributed by atoms with Crippen LogP contribution in [0.4, 0.5) is 0 Å². The van der Waals surface area contributed by atoms with Crippen LogP contribution in [0.3, 0.4) is 0 Å². The Bertz CT molecular complexity index is 319. The molecule has 1 N–H and O–H groups in total. The van der Waals surface area contributed by atoms with E-state index in [0.717, 1.165) is 12.8 Å². The molecule has 1 fully saturated rings. The first-order chi connectivity index (χ1) is 9.01. The van der Waals surface area contributed by atoms with Crippen LogP contribution < -0.4 is 0 Å². The Balaban J connectivity index is 2.60. The van der Waals surface area contributed by atoms with Gasteiger partial charge in [0.1, 0.15) is 0 Å². The number of carboxylic acid groups (broad SMARTS) is 1. The number of nitrogens with zero attached hydrogens (tertiary/aromatic N) is 1. The van der Waals surface area contributed by atoms with Gasteiger partial charge < -0.3 is 14.7 Å². The van der Waals surface area contributed by atoms with E-state index in [1.807, 2.05) is 0 Å². The van der Waals surface area contributed by atoms with Gasteiger partial charge in [-0.1, -0.05) is 13.3 Å². The Labute approximate surface area is 114 Å². The van der Waals surface area contributed by atoms with Crippen LogP contribution >= 0.6 is 0 Å². The maximum atomic E-state index is 12.3. The molecule has 110 valence electrons. The van der Waals surface area contributed by atoms with Gasteiger partial charge in [-0.15, -0.1) is 0 Å². The zero-order valence-corrected chi connectivity index (χ0v) is 12.1. The molecule has 0 saturated heterocycles. The summed E-state index contributed by atoms with van der Waals surface area (Å²) in [6.45, 7) is 3.28. The number of hydrogen-bond acceptors (Lipinski definition) is 3. The second-order valence-corrected chi connectivity index (χ2v) is 5.40. The van der Waals surface area contributed by atoms with E-state index in [2.05, 4.69) is 6.92 Å². The Morgan fingerprint density at radius 3 is 2.47 bits per heavy atom. The molecule has 1 aliphatic rings. The predicted molar refractivity (Wildman–Crippen MR) is 71.8 cm³/mol. The molecule has 1 aliphatic carbocycles. The highest BCUT2D eigenvalue weighted by Crippen LogP contribution is 2.39. The van der Waals surface area contributed by atoms with Gasteiger partial charge in [-0.05, 0) is 25.2 Å². The third kappa shape index (κ3) is 4.20. The van der Waals surface area contributed by atoms with Gasteiger partial charge in [-0.3, -0.25) is 9.59 Å². The Morgan fingerprint density at radius 2 is 1.95 bits per heavy atom. The number of methoxy groups -OCH3 is 1. The van der Waals surface area contributed by atoms with Crippen molar-refractivity contribution < 1.29 is 19.4 Å². The first-order valence-corrected chi connectivity index (χ1v) is 6.97. The van der Waals surface area contributed by atoms with Gasteiger partial charge >= 0.3 is 5.97 Å². The van der Waals surface area contributed by atoms with E-state index in [4.69, 9.17) is 4.74 Å². The minimum absolute atomic E-state index is 0.0283. The quantitative estimate of drug-likeness (QED) is 0.714. The SMILES string of the molecule is CCC1C[C@H](C(=O)N(C)CCCOC)[C@H](C(=O)O)C1. The minimum atomic E-state index is -0.834. The summed E-state index contributed by atoms with van der Waals surface area (Å²) in [5, 5.41) is 9.25. The fourth-order valence-corrected chi connectivity index (χ4v) is 2.86. The van der Waals surface area contributed by atoms with E-state index in [0.29, 0.717) is 31.9 Å². The fraction of sp³-hybridized carbons (Fsp3) is 0.857. The Kier molecular flexibility index (Phi) is 6.28. The number of carboxylic acids is 1. The molecule has 1 amide bonds. The number of amides is 1. The molecule has 0 aliphatic heterocycles. The van der Waals surface area contributed by atoms with E-state index >= 15 is 0 Å². The molecule has 0 aromatic rings. The zero-order valence-electron chi connectivity index (χ0n) is 12.1. The molecule has 0 aromatic heterocycles. The first-order valence-electron chi connectivity index (χ1n) is 6.97. The number of aliphatic carboxylic acids is 1. The number of hydrogen-bond donors (Lipinski definition) is 1. The van der Waals surface area contributed by atoms with E-state index in [-0.39, 0.29) is 11.8 Å². The highest BCUT2D eigenvalue weighted by Gasteiger charge is 2.42. The van der Waals surface area contributed by atoms with Crippen LogP contribution in [0, 0.1) is 17.8 Å². The zero-order chi connectivity index (χ0) is 14.4. The van der Waals surface area contributed by atoms with Gasteiger partial charge in [0.2, 0.25) is 5.91 Å². The average Bonchev–Trinajstić information content (AvgIpc) is 2.82. The molecule has 5 nitrogen and oxygen atoms in total. The van der Waals surface area contributed by atoms with Crippen molar-refractivity contribution in [1.82, 2.24) is 4.90 Å². The summed E-state index contributed by atoms with van der Waals surface area (Å²) < 4.78 is 4.96. The van der Waals surface area contributed by atoms with Crippen molar-refractivity contribution in [3.63, 3.8) is 0 Å². The number of carbonyl (C=O) groups is 2. The van der Waals surface area contributed by atoms with Gasteiger partial charge in [-0.25, -0.2) is 0 Å². The van der Waals surface area contributed by atoms with E-state index < -0.39 is 11.9 Å². The van der Waals surface area contributed by atoms with E-state index in [1.54, 1.807) is 19.1 Å². The second-order valence-electron chi connectivity index (χ2n) is 5.40. The van der Waals surface area contributed by atoms with Crippen molar-refractivity contribution in [2.75, 3.05) is 27.3 Å². The van der Waals surface area contributed by atoms with Crippen LogP contribution in [0.2, 0.25) is 0 Å². The topological polar surface area (TPSA) is 66.8 Å². The summed E-state index contributed by atoms with van der Waals surface area (Å²) in [4.78, 5) is 25.3. The number of ether oxygens (including phenoxy) is 1. The molecule has 5 heteroatoms. The van der Waals surface area contributed by atoms with Gasteiger partial charge in [0.15, 0.2) is 0 Å². The Morgan fingerprint density at radius 1 is 1.32 bits per heavy atom. The average molecular weight is 271 g/mol. The van der Waals surface area contributed by atoms with E-state index in [1.165, 1.54) is 0 Å². The summed E-state index contributed by atoms with van der Waals surface area (Å²) in [6, 6.07) is 0. The van der Waals surface area contributed by atoms with Crippen LogP contribution in [0.5, 0.6) is 0 Å². The monoisotopic (exact) mass is 271 g/mol. The number of rotatable bonds is 7. The molecular weight excluding hydrogens is 246 g/mol. The number of carbonyl (C=O) groups excluding carboxylic acids is 1. The lowest BCUT2D eigenvalue weighted by Gasteiger charge is -2.23. The van der Waals surface area contributed by atoms with Crippen LogP contribution in [-0.4, -0.2) is 49.2 Å². The predicted octanol–water partition coefficient (Wildman–Crippen LogP) is 1.62. The molecule has 1 unspecified atom stereocenters. The summed E-state index contributed by atoms with van der Waals surface area (Å²) in [6.07, 6.45) is 3.07. The maximum Gasteiger partial charge on any atom is 0.307 e. The molecule has 19 heavy (non-hydrogen) atoms. The highest BCUT2D eigenvalue weighted by molar-refractivity contribution is 5.85. The lowest BCUT2D eigenvalue weighted by Crippen LogP contribution is -2.37. The summed E-state index contributed by atoms with van der Waals surface area (Å²) in [7, 11) is 3.38. The highest BCUT2D eigenvalue weighted by atomic mass is 16.5. The first kappa shape index (κ1) is 16.0. The summed E-state index contributed by atoms with van der Waals surface area (Å²) in [5.41, 5.74) is 0. The maximum absolute atomic E-state index is 12.3. The fourth-order valence-electron chi connectivity index (χ4n) is 2.86. The van der Waals surface area contributed by atoms with Crippen LogP contribution in [0.1, 0.15) is 32.6 Å². The molecule has 0 radical (unpaired) electrons. The molecular formula is C14H25NO4. The summed E-state index contributed by atoms with van der Waals surface area (Å²) >= 11 is 0. The molecule has 0 bridgehead atoms. The minimum Gasteiger partial charge on any atom is -0.481 e. The standard InChI is InChI=1S/C14H25NO4/c1-4-10-8-11(12(9-10)14(17)18)13(16)15(2)6-5-7-19-3/h10-12H,4-9H2,1-3H3,(H,17,18)/t10?,11-,12+/m0/s1. The van der Waals surface area contributed by atoms with Crippen molar-refractivity contribution in [1.29, 1.82) is 0 Å². The second kappa shape index (κ2) is 7.48. The largest absolute Gasteiger partial charge is 0.481 e. The molecule has 0 aromatic carbocycles. The van der Waals surface area contributed by atoms with Gasteiger partial charge in [0, 0.05) is 27.3 Å². The summed E-state index contributed by atoms with van der Waals surface area (Å²) in [5.74, 6) is -1.36. The molecule has 0 heterocycles. The molecule has 1 rings (SSSR count). The molecule has 1 saturated carbocycles. The van der Waals surface area contributed by atoms with Crippen molar-refractivity contribution >= 4 is 11.9 Å². The molecule has 3 atom stereocenters. The normalized spacial score (nSPS) is 26.4. The Hall–Kier alpha value is -1.10. The van der Waals surface area contributed by atoms with E-state index in [9.17, 15) is 14.7 Å². The van der Waals surface area contributed by atoms with Crippen molar-refractivity contribution in [3.8, 4) is 0 Å². The van der Waals surface area contributed by atoms with Crippen molar-refractivity contribution in [3.05, 3.63) is 0 Å². The molecule has 0 spiro atoms. The van der Waals surface area contributed by atoms with Crippen LogP contribution in [-0.2, 0) is 14.3 Å². The van der Waals surface area contributed by atoms with Crippen LogP contribution in [0.25, 0.3) is 0 Å². The smallest absolute Gasteiger partial charge is 0.307 e. The third-order valence-corrected chi connectivity index (χ3v) is 4.09. The lowest BCUT2D eigenvalue weighted by molar-refractivity contribution is -0.148. The van der Waals surface area contributed by atoms with Gasteiger partial charge in [-0.2, -0.15) is 0 Å². The third-order valence-electron chi connectivity index (χ3n) is 4.09. The van der Waals surface area contributed by atoms with Gasteiger partial charge in [0.05, 0.1) is 11.8 Å². The lowest BCUT2D eigenvalue weighted by atomic mass is 9.95.